The zero-order valence-corrected chi connectivity index (χ0v) is 19.5. The maximum Gasteiger partial charge on any atom is 0.276 e. The van der Waals surface area contributed by atoms with E-state index in [1.54, 1.807) is 20.8 Å². The van der Waals surface area contributed by atoms with Gasteiger partial charge in [-0.2, -0.15) is 5.10 Å². The Labute approximate surface area is 182 Å². The molecule has 0 radical (unpaired) electrons. The van der Waals surface area contributed by atoms with Gasteiger partial charge in [0.25, 0.3) is 5.91 Å². The SMILES string of the molecule is CCCS(=O)(=O)C(=C1C=NN(CC)C1=O)c1ccc2c(c1C)/C(=N/OC)CCS2(=O)=O. The number of likely N-dealkylation sites (N-methyl/N-ethyl adjacent to an activating group) is 1. The van der Waals surface area contributed by atoms with Gasteiger partial charge >= 0.3 is 0 Å². The highest BCUT2D eigenvalue weighted by Crippen LogP contribution is 2.37. The molecule has 1 aromatic carbocycles. The van der Waals surface area contributed by atoms with Crippen LogP contribution in [-0.2, 0) is 29.3 Å². The van der Waals surface area contributed by atoms with Crippen LogP contribution in [0.2, 0.25) is 0 Å². The average molecular weight is 468 g/mol. The molecule has 2 heterocycles. The second-order valence-electron chi connectivity index (χ2n) is 7.23. The van der Waals surface area contributed by atoms with Crippen LogP contribution in [0.25, 0.3) is 4.91 Å². The number of oxime groups is 1. The van der Waals surface area contributed by atoms with Gasteiger partial charge in [-0.15, -0.1) is 0 Å². The second kappa shape index (κ2) is 8.54. The number of rotatable bonds is 6. The van der Waals surface area contributed by atoms with Gasteiger partial charge in [-0.05, 0) is 37.5 Å². The third-order valence-corrected chi connectivity index (χ3v) is 8.98. The van der Waals surface area contributed by atoms with Gasteiger partial charge in [-0.3, -0.25) is 4.79 Å². The molecule has 3 rings (SSSR count). The molecule has 168 valence electrons. The zero-order valence-electron chi connectivity index (χ0n) is 17.9. The Morgan fingerprint density at radius 1 is 1.29 bits per heavy atom. The highest BCUT2D eigenvalue weighted by Gasteiger charge is 2.36. The van der Waals surface area contributed by atoms with Crippen molar-refractivity contribution in [3.8, 4) is 0 Å². The first-order valence-electron chi connectivity index (χ1n) is 9.89. The number of sulfone groups is 2. The largest absolute Gasteiger partial charge is 0.399 e. The third kappa shape index (κ3) is 4.03. The summed E-state index contributed by atoms with van der Waals surface area (Å²) in [5, 5.41) is 9.18. The van der Waals surface area contributed by atoms with Crippen LogP contribution < -0.4 is 0 Å². The average Bonchev–Trinajstić information content (AvgIpc) is 3.06. The van der Waals surface area contributed by atoms with E-state index in [2.05, 4.69) is 10.3 Å². The monoisotopic (exact) mass is 467 g/mol. The van der Waals surface area contributed by atoms with Crippen LogP contribution in [0.4, 0.5) is 0 Å². The van der Waals surface area contributed by atoms with Crippen molar-refractivity contribution in [1.82, 2.24) is 5.01 Å². The van der Waals surface area contributed by atoms with E-state index in [1.807, 2.05) is 0 Å². The van der Waals surface area contributed by atoms with Crippen LogP contribution in [0.1, 0.15) is 43.4 Å². The Kier molecular flexibility index (Phi) is 6.38. The standard InChI is InChI=1S/C20H25N3O6S2/c1-5-10-31(27,28)19(15-12-21-23(6-2)20(15)24)14-7-8-17-18(13(14)3)16(22-29-4)9-11-30(17,25)26/h7-8,12H,5-6,9-11H2,1-4H3/b19-15?,22-16+. The van der Waals surface area contributed by atoms with Crippen LogP contribution in [0, 0.1) is 6.92 Å². The Morgan fingerprint density at radius 3 is 2.58 bits per heavy atom. The van der Waals surface area contributed by atoms with E-state index >= 15 is 0 Å². The van der Waals surface area contributed by atoms with E-state index in [0.29, 0.717) is 29.8 Å². The van der Waals surface area contributed by atoms with Crippen LogP contribution in [0.5, 0.6) is 0 Å². The highest BCUT2D eigenvalue weighted by atomic mass is 32.2. The third-order valence-electron chi connectivity index (χ3n) is 5.22. The molecule has 0 N–H and O–H groups in total. The van der Waals surface area contributed by atoms with Crippen LogP contribution in [-0.4, -0.2) is 64.8 Å². The lowest BCUT2D eigenvalue weighted by Crippen LogP contribution is -2.26. The first kappa shape index (κ1) is 23.1. The van der Waals surface area contributed by atoms with Gasteiger partial charge in [-0.1, -0.05) is 18.1 Å². The summed E-state index contributed by atoms with van der Waals surface area (Å²) in [5.74, 6) is -0.778. The molecule has 2 aliphatic rings. The van der Waals surface area contributed by atoms with Crippen LogP contribution in [0.3, 0.4) is 0 Å². The number of nitrogens with zero attached hydrogens (tertiary/aromatic N) is 3. The van der Waals surface area contributed by atoms with E-state index < -0.39 is 25.6 Å². The maximum absolute atomic E-state index is 13.3. The van der Waals surface area contributed by atoms with Gasteiger partial charge in [-0.25, -0.2) is 21.8 Å². The van der Waals surface area contributed by atoms with E-state index in [4.69, 9.17) is 4.84 Å². The molecule has 31 heavy (non-hydrogen) atoms. The predicted molar refractivity (Wildman–Crippen MR) is 118 cm³/mol. The molecule has 11 heteroatoms. The Balaban J connectivity index is 2.38. The number of fused-ring (bicyclic) bond motifs is 1. The summed E-state index contributed by atoms with van der Waals surface area (Å²) < 4.78 is 51.8. The molecule has 0 saturated carbocycles. The first-order valence-corrected chi connectivity index (χ1v) is 13.2. The van der Waals surface area contributed by atoms with E-state index in [1.165, 1.54) is 30.5 Å². The van der Waals surface area contributed by atoms with Crippen molar-refractivity contribution in [2.75, 3.05) is 25.2 Å². The molecule has 0 bridgehead atoms. The molecule has 1 amide bonds. The lowest BCUT2D eigenvalue weighted by molar-refractivity contribution is -0.125. The number of hydrazone groups is 1. The summed E-state index contributed by atoms with van der Waals surface area (Å²) in [5.41, 5.74) is 1.40. The highest BCUT2D eigenvalue weighted by molar-refractivity contribution is 8.00. The number of carbonyl (C=O) groups excluding carboxylic acids is 1. The summed E-state index contributed by atoms with van der Waals surface area (Å²) in [6.07, 6.45) is 1.76. The fourth-order valence-corrected chi connectivity index (χ4v) is 7.14. The molecular weight excluding hydrogens is 442 g/mol. The predicted octanol–water partition coefficient (Wildman–Crippen LogP) is 1.91. The van der Waals surface area contributed by atoms with Gasteiger partial charge in [0, 0.05) is 18.5 Å². The van der Waals surface area contributed by atoms with Crippen molar-refractivity contribution >= 4 is 42.4 Å². The minimum Gasteiger partial charge on any atom is -0.399 e. The minimum atomic E-state index is -3.86. The lowest BCUT2D eigenvalue weighted by atomic mass is 9.95. The number of benzene rings is 1. The second-order valence-corrected chi connectivity index (χ2v) is 11.4. The van der Waals surface area contributed by atoms with Gasteiger partial charge in [0.05, 0.1) is 38.8 Å². The smallest absolute Gasteiger partial charge is 0.276 e. The van der Waals surface area contributed by atoms with Crippen molar-refractivity contribution in [3.05, 3.63) is 34.4 Å². The summed E-state index contributed by atoms with van der Waals surface area (Å²) >= 11 is 0. The quantitative estimate of drug-likeness (QED) is 0.465. The summed E-state index contributed by atoms with van der Waals surface area (Å²) in [6.45, 7) is 5.40. The molecule has 0 fully saturated rings. The van der Waals surface area contributed by atoms with Crippen LogP contribution in [0.15, 0.2) is 32.9 Å². The Morgan fingerprint density at radius 2 is 2.00 bits per heavy atom. The number of hydrogen-bond donors (Lipinski definition) is 0. The van der Waals surface area contributed by atoms with E-state index in [0.717, 1.165) is 0 Å². The first-order chi connectivity index (χ1) is 14.6. The number of hydrogen-bond acceptors (Lipinski definition) is 8. The normalized spacial score (nSPS) is 20.8. The zero-order chi connectivity index (χ0) is 23.0. The molecular formula is C20H25N3O6S2. The molecule has 1 aromatic rings. The number of carbonyl (C=O) groups is 1. The van der Waals surface area contributed by atoms with Gasteiger partial charge in [0.15, 0.2) is 19.7 Å². The van der Waals surface area contributed by atoms with Gasteiger partial charge in [0.2, 0.25) is 0 Å². The molecule has 0 aromatic heterocycles. The summed E-state index contributed by atoms with van der Waals surface area (Å²) in [4.78, 5) is 17.6. The molecule has 0 atom stereocenters. The fourth-order valence-electron chi connectivity index (χ4n) is 3.82. The molecule has 9 nitrogen and oxygen atoms in total. The van der Waals surface area contributed by atoms with Crippen molar-refractivity contribution in [2.24, 2.45) is 10.3 Å². The minimum absolute atomic E-state index is 0.0257. The molecule has 0 saturated heterocycles. The van der Waals surface area contributed by atoms with Crippen molar-refractivity contribution in [1.29, 1.82) is 0 Å². The van der Waals surface area contributed by atoms with Crippen molar-refractivity contribution < 1.29 is 26.5 Å². The van der Waals surface area contributed by atoms with Gasteiger partial charge in [0.1, 0.15) is 7.11 Å². The molecule has 2 aliphatic heterocycles. The molecule has 0 aliphatic carbocycles. The number of amides is 1. The van der Waals surface area contributed by atoms with Crippen LogP contribution >= 0.6 is 0 Å². The summed E-state index contributed by atoms with van der Waals surface area (Å²) in [7, 11) is -6.05. The summed E-state index contributed by atoms with van der Waals surface area (Å²) in [6, 6.07) is 2.83. The van der Waals surface area contributed by atoms with Crippen molar-refractivity contribution in [2.45, 2.75) is 38.5 Å². The molecule has 0 spiro atoms. The maximum atomic E-state index is 13.3. The Hall–Kier alpha value is -2.53. The topological polar surface area (TPSA) is 123 Å². The van der Waals surface area contributed by atoms with Gasteiger partial charge < -0.3 is 4.84 Å². The van der Waals surface area contributed by atoms with E-state index in [9.17, 15) is 21.6 Å². The van der Waals surface area contributed by atoms with Crippen molar-refractivity contribution in [3.63, 3.8) is 0 Å². The fraction of sp³-hybridized carbons (Fsp3) is 0.450. The Bertz CT molecular complexity index is 1230. The lowest BCUT2D eigenvalue weighted by Gasteiger charge is -2.23. The van der Waals surface area contributed by atoms with E-state index in [-0.39, 0.29) is 38.9 Å². The molecule has 0 unspecified atom stereocenters.